The minimum Gasteiger partial charge on any atom is -0.493 e. The summed E-state index contributed by atoms with van der Waals surface area (Å²) < 4.78 is 34.7. The molecule has 0 unspecified atom stereocenters. The first-order valence-corrected chi connectivity index (χ1v) is 9.68. The van der Waals surface area contributed by atoms with Crippen molar-refractivity contribution in [3.05, 3.63) is 23.8 Å². The van der Waals surface area contributed by atoms with Crippen LogP contribution in [0.1, 0.15) is 40.2 Å². The summed E-state index contributed by atoms with van der Waals surface area (Å²) in [7, 11) is 1.41. The second kappa shape index (κ2) is 12.4. The SMILES string of the molecule is CCNC(=NCc1ccc(OC)c(OC(F)F)c1)NCCN(C(C)C)C(C)C. The van der Waals surface area contributed by atoms with E-state index in [9.17, 15) is 8.78 Å². The molecule has 1 aromatic rings. The molecule has 0 fully saturated rings. The van der Waals surface area contributed by atoms with Gasteiger partial charge in [0, 0.05) is 31.7 Å². The van der Waals surface area contributed by atoms with Crippen LogP contribution < -0.4 is 20.1 Å². The summed E-state index contributed by atoms with van der Waals surface area (Å²) in [4.78, 5) is 6.93. The van der Waals surface area contributed by atoms with Crippen molar-refractivity contribution in [3.63, 3.8) is 0 Å². The van der Waals surface area contributed by atoms with E-state index in [1.807, 2.05) is 6.92 Å². The minimum absolute atomic E-state index is 0.00710. The highest BCUT2D eigenvalue weighted by molar-refractivity contribution is 5.79. The molecule has 2 N–H and O–H groups in total. The Labute approximate surface area is 167 Å². The van der Waals surface area contributed by atoms with Gasteiger partial charge in [-0.15, -0.1) is 0 Å². The quantitative estimate of drug-likeness (QED) is 0.440. The van der Waals surface area contributed by atoms with Crippen LogP contribution in [0.4, 0.5) is 8.78 Å². The van der Waals surface area contributed by atoms with Crippen LogP contribution >= 0.6 is 0 Å². The van der Waals surface area contributed by atoms with Crippen molar-refractivity contribution < 1.29 is 18.3 Å². The van der Waals surface area contributed by atoms with Crippen LogP contribution in [0.3, 0.4) is 0 Å². The number of hydrogen-bond donors (Lipinski definition) is 2. The van der Waals surface area contributed by atoms with Gasteiger partial charge in [0.25, 0.3) is 0 Å². The normalized spacial score (nSPS) is 12.2. The lowest BCUT2D eigenvalue weighted by Gasteiger charge is -2.30. The Morgan fingerprint density at radius 2 is 1.79 bits per heavy atom. The monoisotopic (exact) mass is 400 g/mol. The van der Waals surface area contributed by atoms with Crippen LogP contribution in [0.5, 0.6) is 11.5 Å². The Hall–Kier alpha value is -2.09. The van der Waals surface area contributed by atoms with Crippen LogP contribution in [0.2, 0.25) is 0 Å². The second-order valence-corrected chi connectivity index (χ2v) is 6.91. The largest absolute Gasteiger partial charge is 0.493 e. The number of guanidine groups is 1. The Balaban J connectivity index is 2.76. The lowest BCUT2D eigenvalue weighted by molar-refractivity contribution is -0.0512. The van der Waals surface area contributed by atoms with E-state index in [1.54, 1.807) is 12.1 Å². The van der Waals surface area contributed by atoms with Gasteiger partial charge in [-0.2, -0.15) is 8.78 Å². The van der Waals surface area contributed by atoms with E-state index in [0.29, 0.717) is 24.6 Å². The molecule has 0 radical (unpaired) electrons. The van der Waals surface area contributed by atoms with E-state index in [1.165, 1.54) is 13.2 Å². The van der Waals surface area contributed by atoms with Crippen LogP contribution in [0.25, 0.3) is 0 Å². The van der Waals surface area contributed by atoms with Crippen molar-refractivity contribution in [1.82, 2.24) is 15.5 Å². The topological polar surface area (TPSA) is 58.1 Å². The highest BCUT2D eigenvalue weighted by Crippen LogP contribution is 2.29. The number of rotatable bonds is 11. The highest BCUT2D eigenvalue weighted by atomic mass is 19.3. The highest BCUT2D eigenvalue weighted by Gasteiger charge is 2.13. The average molecular weight is 401 g/mol. The number of hydrogen-bond acceptors (Lipinski definition) is 4. The van der Waals surface area contributed by atoms with Crippen molar-refractivity contribution >= 4 is 5.96 Å². The van der Waals surface area contributed by atoms with Gasteiger partial charge in [-0.25, -0.2) is 4.99 Å². The van der Waals surface area contributed by atoms with Gasteiger partial charge in [-0.05, 0) is 52.3 Å². The molecule has 0 saturated carbocycles. The molecular formula is C20H34F2N4O2. The molecule has 6 nitrogen and oxygen atoms in total. The molecule has 160 valence electrons. The fraction of sp³-hybridized carbons (Fsp3) is 0.650. The van der Waals surface area contributed by atoms with Crippen LogP contribution in [0.15, 0.2) is 23.2 Å². The molecule has 0 heterocycles. The molecule has 0 aliphatic heterocycles. The van der Waals surface area contributed by atoms with E-state index >= 15 is 0 Å². The third-order valence-electron chi connectivity index (χ3n) is 4.20. The van der Waals surface area contributed by atoms with Gasteiger partial charge in [-0.1, -0.05) is 6.07 Å². The van der Waals surface area contributed by atoms with Crippen LogP contribution in [0, 0.1) is 0 Å². The first-order valence-electron chi connectivity index (χ1n) is 9.68. The number of aliphatic imine (C=N–C) groups is 1. The summed E-state index contributed by atoms with van der Waals surface area (Å²) in [5.41, 5.74) is 0.750. The smallest absolute Gasteiger partial charge is 0.387 e. The molecule has 0 aliphatic rings. The lowest BCUT2D eigenvalue weighted by Crippen LogP contribution is -2.45. The molecule has 1 rings (SSSR count). The zero-order chi connectivity index (χ0) is 21.1. The summed E-state index contributed by atoms with van der Waals surface area (Å²) in [5.74, 6) is 0.954. The number of nitrogens with one attached hydrogen (secondary N) is 2. The molecule has 28 heavy (non-hydrogen) atoms. The third kappa shape index (κ3) is 8.29. The number of nitrogens with zero attached hydrogens (tertiary/aromatic N) is 2. The Kier molecular flexibility index (Phi) is 10.6. The number of ether oxygens (including phenoxy) is 2. The maximum absolute atomic E-state index is 12.6. The molecule has 0 aliphatic carbocycles. The summed E-state index contributed by atoms with van der Waals surface area (Å²) >= 11 is 0. The first kappa shape index (κ1) is 23.9. The Morgan fingerprint density at radius 3 is 2.32 bits per heavy atom. The van der Waals surface area contributed by atoms with Gasteiger partial charge < -0.3 is 20.1 Å². The summed E-state index contributed by atoms with van der Waals surface area (Å²) in [5, 5.41) is 6.52. The maximum atomic E-state index is 12.6. The van der Waals surface area contributed by atoms with Gasteiger partial charge in [0.2, 0.25) is 0 Å². The average Bonchev–Trinajstić information content (AvgIpc) is 2.62. The first-order chi connectivity index (χ1) is 13.3. The number of methoxy groups -OCH3 is 1. The molecule has 0 bridgehead atoms. The molecule has 0 amide bonds. The van der Waals surface area contributed by atoms with Crippen molar-refractivity contribution in [3.8, 4) is 11.5 Å². The minimum atomic E-state index is -2.91. The van der Waals surface area contributed by atoms with E-state index < -0.39 is 6.61 Å². The maximum Gasteiger partial charge on any atom is 0.387 e. The fourth-order valence-corrected chi connectivity index (χ4v) is 2.94. The standard InChI is InChI=1S/C20H34F2N4O2/c1-7-23-20(24-10-11-26(14(2)3)15(4)5)25-13-16-8-9-17(27-6)18(12-16)28-19(21)22/h8-9,12,14-15,19H,7,10-11,13H2,1-6H3,(H2,23,24,25). The van der Waals surface area contributed by atoms with Crippen molar-refractivity contribution in [2.75, 3.05) is 26.7 Å². The molecule has 0 saturated heterocycles. The molecule has 0 spiro atoms. The van der Waals surface area contributed by atoms with E-state index in [4.69, 9.17) is 4.74 Å². The van der Waals surface area contributed by atoms with Crippen molar-refractivity contribution in [1.29, 1.82) is 0 Å². The van der Waals surface area contributed by atoms with Gasteiger partial charge in [-0.3, -0.25) is 4.90 Å². The Morgan fingerprint density at radius 1 is 1.11 bits per heavy atom. The zero-order valence-corrected chi connectivity index (χ0v) is 17.8. The second-order valence-electron chi connectivity index (χ2n) is 6.91. The van der Waals surface area contributed by atoms with E-state index in [-0.39, 0.29) is 11.5 Å². The summed E-state index contributed by atoms with van der Waals surface area (Å²) in [6.07, 6.45) is 0. The van der Waals surface area contributed by atoms with Crippen molar-refractivity contribution in [2.45, 2.75) is 59.9 Å². The van der Waals surface area contributed by atoms with E-state index in [2.05, 4.69) is 53.0 Å². The molecule has 0 atom stereocenters. The zero-order valence-electron chi connectivity index (χ0n) is 17.8. The van der Waals surface area contributed by atoms with Gasteiger partial charge >= 0.3 is 6.61 Å². The Bertz CT molecular complexity index is 602. The fourth-order valence-electron chi connectivity index (χ4n) is 2.94. The number of benzene rings is 1. The number of halogens is 2. The van der Waals surface area contributed by atoms with Gasteiger partial charge in [0.1, 0.15) is 0 Å². The van der Waals surface area contributed by atoms with Crippen LogP contribution in [-0.2, 0) is 6.54 Å². The number of alkyl halides is 2. The van der Waals surface area contributed by atoms with E-state index in [0.717, 1.165) is 25.2 Å². The van der Waals surface area contributed by atoms with Crippen molar-refractivity contribution in [2.24, 2.45) is 4.99 Å². The predicted octanol–water partition coefficient (Wildman–Crippen LogP) is 3.47. The van der Waals surface area contributed by atoms with Gasteiger partial charge in [0.15, 0.2) is 17.5 Å². The predicted molar refractivity (Wildman–Crippen MR) is 109 cm³/mol. The molecule has 8 heteroatoms. The summed E-state index contributed by atoms with van der Waals surface area (Å²) in [6, 6.07) is 5.84. The molecule has 0 aromatic heterocycles. The molecular weight excluding hydrogens is 366 g/mol. The van der Waals surface area contributed by atoms with Crippen LogP contribution in [-0.4, -0.2) is 56.3 Å². The molecule has 1 aromatic carbocycles. The lowest BCUT2D eigenvalue weighted by atomic mass is 10.2. The van der Waals surface area contributed by atoms with Gasteiger partial charge in [0.05, 0.1) is 13.7 Å². The summed E-state index contributed by atoms with van der Waals surface area (Å²) in [6.45, 7) is 10.5. The third-order valence-corrected chi connectivity index (χ3v) is 4.20.